The molecule has 0 spiro atoms. The summed E-state index contributed by atoms with van der Waals surface area (Å²) in [6, 6.07) is 3.24. The van der Waals surface area contributed by atoms with Crippen LogP contribution in [0.1, 0.15) is 24.3 Å². The van der Waals surface area contributed by atoms with Crippen molar-refractivity contribution in [3.05, 3.63) is 24.0 Å². The Morgan fingerprint density at radius 3 is 2.61 bits per heavy atom. The fourth-order valence-corrected chi connectivity index (χ4v) is 1.59. The number of aromatic nitrogens is 1. The van der Waals surface area contributed by atoms with E-state index in [1.807, 2.05) is 13.8 Å². The topological polar surface area (TPSA) is 102 Å². The zero-order valence-electron chi connectivity index (χ0n) is 10.6. The molecule has 6 heteroatoms. The van der Waals surface area contributed by atoms with E-state index < -0.39 is 5.91 Å². The number of primary amides is 1. The van der Waals surface area contributed by atoms with Gasteiger partial charge in [0.15, 0.2) is 5.69 Å². The van der Waals surface area contributed by atoms with Crippen molar-refractivity contribution in [3.63, 3.8) is 0 Å². The molecule has 0 saturated carbocycles. The maximum Gasteiger partial charge on any atom is 0.275 e. The SMILES string of the molecule is CC(C)CN(CC(N)=O)C(=O)c1ncccc1N. The molecular weight excluding hydrogens is 232 g/mol. The van der Waals surface area contributed by atoms with Crippen molar-refractivity contribution in [1.82, 2.24) is 9.88 Å². The smallest absolute Gasteiger partial charge is 0.275 e. The molecule has 0 aliphatic carbocycles. The van der Waals surface area contributed by atoms with E-state index >= 15 is 0 Å². The van der Waals surface area contributed by atoms with Crippen LogP contribution in [0.25, 0.3) is 0 Å². The number of nitrogens with zero attached hydrogens (tertiary/aromatic N) is 2. The summed E-state index contributed by atoms with van der Waals surface area (Å²) in [7, 11) is 0. The number of hydrogen-bond acceptors (Lipinski definition) is 4. The van der Waals surface area contributed by atoms with E-state index in [1.165, 1.54) is 11.1 Å². The molecular formula is C12H18N4O2. The Morgan fingerprint density at radius 1 is 1.44 bits per heavy atom. The molecule has 0 aliphatic heterocycles. The summed E-state index contributed by atoms with van der Waals surface area (Å²) >= 11 is 0. The van der Waals surface area contributed by atoms with Crippen molar-refractivity contribution >= 4 is 17.5 Å². The summed E-state index contributed by atoms with van der Waals surface area (Å²) in [6.07, 6.45) is 1.49. The first-order valence-corrected chi connectivity index (χ1v) is 5.70. The van der Waals surface area contributed by atoms with Crippen LogP contribution in [0.3, 0.4) is 0 Å². The summed E-state index contributed by atoms with van der Waals surface area (Å²) in [5.41, 5.74) is 11.3. The molecule has 0 unspecified atom stereocenters. The summed E-state index contributed by atoms with van der Waals surface area (Å²) in [5.74, 6) is -0.711. The van der Waals surface area contributed by atoms with Gasteiger partial charge in [0.1, 0.15) is 0 Å². The van der Waals surface area contributed by atoms with Gasteiger partial charge in [-0.1, -0.05) is 13.8 Å². The van der Waals surface area contributed by atoms with Gasteiger partial charge in [-0.05, 0) is 18.1 Å². The van der Waals surface area contributed by atoms with Crippen LogP contribution in [0, 0.1) is 5.92 Å². The minimum Gasteiger partial charge on any atom is -0.397 e. The van der Waals surface area contributed by atoms with E-state index in [0.29, 0.717) is 12.2 Å². The summed E-state index contributed by atoms with van der Waals surface area (Å²) in [6.45, 7) is 4.19. The molecule has 1 aromatic heterocycles. The van der Waals surface area contributed by atoms with Gasteiger partial charge in [-0.2, -0.15) is 0 Å². The Labute approximate surface area is 106 Å². The molecule has 0 saturated heterocycles. The van der Waals surface area contributed by atoms with E-state index in [2.05, 4.69) is 4.98 Å². The molecule has 6 nitrogen and oxygen atoms in total. The summed E-state index contributed by atoms with van der Waals surface area (Å²) < 4.78 is 0. The van der Waals surface area contributed by atoms with Gasteiger partial charge in [0.25, 0.3) is 5.91 Å². The van der Waals surface area contributed by atoms with Gasteiger partial charge < -0.3 is 16.4 Å². The van der Waals surface area contributed by atoms with Gasteiger partial charge in [-0.3, -0.25) is 9.59 Å². The van der Waals surface area contributed by atoms with E-state index in [9.17, 15) is 9.59 Å². The number of rotatable bonds is 5. The fourth-order valence-electron chi connectivity index (χ4n) is 1.59. The monoisotopic (exact) mass is 250 g/mol. The zero-order chi connectivity index (χ0) is 13.7. The highest BCUT2D eigenvalue weighted by Gasteiger charge is 2.21. The second kappa shape index (κ2) is 6.00. The number of nitrogen functional groups attached to an aromatic ring is 1. The molecule has 4 N–H and O–H groups in total. The minimum absolute atomic E-state index is 0.132. The number of carbonyl (C=O) groups excluding carboxylic acids is 2. The number of nitrogens with two attached hydrogens (primary N) is 2. The lowest BCUT2D eigenvalue weighted by Gasteiger charge is -2.23. The number of pyridine rings is 1. The Morgan fingerprint density at radius 2 is 2.11 bits per heavy atom. The predicted octanol–water partition coefficient (Wildman–Crippen LogP) is 0.247. The second-order valence-corrected chi connectivity index (χ2v) is 4.49. The Balaban J connectivity index is 2.95. The fraction of sp³-hybridized carbons (Fsp3) is 0.417. The second-order valence-electron chi connectivity index (χ2n) is 4.49. The normalized spacial score (nSPS) is 10.4. The van der Waals surface area contributed by atoms with E-state index in [0.717, 1.165) is 0 Å². The lowest BCUT2D eigenvalue weighted by molar-refractivity contribution is -0.118. The first kappa shape index (κ1) is 14.0. The van der Waals surface area contributed by atoms with Crippen LogP contribution in [0.5, 0.6) is 0 Å². The van der Waals surface area contributed by atoms with E-state index in [1.54, 1.807) is 12.1 Å². The largest absolute Gasteiger partial charge is 0.397 e. The Bertz CT molecular complexity index is 445. The molecule has 0 aromatic carbocycles. The molecule has 1 aromatic rings. The van der Waals surface area contributed by atoms with Gasteiger partial charge in [-0.25, -0.2) is 4.98 Å². The van der Waals surface area contributed by atoms with Crippen molar-refractivity contribution in [1.29, 1.82) is 0 Å². The first-order chi connectivity index (χ1) is 8.41. The molecule has 0 fully saturated rings. The minimum atomic E-state index is -0.557. The average molecular weight is 250 g/mol. The van der Waals surface area contributed by atoms with Gasteiger partial charge in [0, 0.05) is 12.7 Å². The van der Waals surface area contributed by atoms with Crippen LogP contribution in [-0.4, -0.2) is 34.8 Å². The third-order valence-corrected chi connectivity index (χ3v) is 2.26. The van der Waals surface area contributed by atoms with Crippen LogP contribution < -0.4 is 11.5 Å². The molecule has 2 amide bonds. The van der Waals surface area contributed by atoms with Crippen LogP contribution in [0.2, 0.25) is 0 Å². The summed E-state index contributed by atoms with van der Waals surface area (Å²) in [4.78, 5) is 28.5. The van der Waals surface area contributed by atoms with E-state index in [4.69, 9.17) is 11.5 Å². The van der Waals surface area contributed by atoms with Crippen molar-refractivity contribution in [2.45, 2.75) is 13.8 Å². The lowest BCUT2D eigenvalue weighted by atomic mass is 10.2. The standard InChI is InChI=1S/C12H18N4O2/c1-8(2)6-16(7-10(14)17)12(18)11-9(13)4-3-5-15-11/h3-5,8H,6-7,13H2,1-2H3,(H2,14,17). The average Bonchev–Trinajstić information content (AvgIpc) is 2.26. The number of carbonyl (C=O) groups is 2. The predicted molar refractivity (Wildman–Crippen MR) is 68.6 cm³/mol. The highest BCUT2D eigenvalue weighted by Crippen LogP contribution is 2.11. The molecule has 0 aliphatic rings. The Kier molecular flexibility index (Phi) is 4.65. The van der Waals surface area contributed by atoms with Crippen molar-refractivity contribution in [2.24, 2.45) is 11.7 Å². The number of amides is 2. The Hall–Kier alpha value is -2.11. The van der Waals surface area contributed by atoms with Gasteiger partial charge in [0.05, 0.1) is 12.2 Å². The molecule has 0 bridgehead atoms. The molecule has 98 valence electrons. The zero-order valence-corrected chi connectivity index (χ0v) is 10.6. The van der Waals surface area contributed by atoms with Crippen molar-refractivity contribution in [3.8, 4) is 0 Å². The maximum atomic E-state index is 12.2. The summed E-state index contributed by atoms with van der Waals surface area (Å²) in [5, 5.41) is 0. The molecule has 0 atom stereocenters. The van der Waals surface area contributed by atoms with Gasteiger partial charge in [-0.15, -0.1) is 0 Å². The third-order valence-electron chi connectivity index (χ3n) is 2.26. The van der Waals surface area contributed by atoms with Gasteiger partial charge >= 0.3 is 0 Å². The molecule has 1 rings (SSSR count). The molecule has 18 heavy (non-hydrogen) atoms. The van der Waals surface area contributed by atoms with Crippen LogP contribution >= 0.6 is 0 Å². The lowest BCUT2D eigenvalue weighted by Crippen LogP contribution is -2.41. The highest BCUT2D eigenvalue weighted by atomic mass is 16.2. The van der Waals surface area contributed by atoms with Crippen molar-refractivity contribution < 1.29 is 9.59 Å². The number of anilines is 1. The molecule has 1 heterocycles. The van der Waals surface area contributed by atoms with E-state index in [-0.39, 0.29) is 24.1 Å². The molecule has 0 radical (unpaired) electrons. The van der Waals surface area contributed by atoms with Crippen LogP contribution in [-0.2, 0) is 4.79 Å². The van der Waals surface area contributed by atoms with Crippen molar-refractivity contribution in [2.75, 3.05) is 18.8 Å². The number of hydrogen-bond donors (Lipinski definition) is 2. The quantitative estimate of drug-likeness (QED) is 0.781. The maximum absolute atomic E-state index is 12.2. The highest BCUT2D eigenvalue weighted by molar-refractivity contribution is 5.98. The van der Waals surface area contributed by atoms with Gasteiger partial charge in [0.2, 0.25) is 5.91 Å². The first-order valence-electron chi connectivity index (χ1n) is 5.70. The van der Waals surface area contributed by atoms with Crippen LogP contribution in [0.4, 0.5) is 5.69 Å². The third kappa shape index (κ3) is 3.73. The van der Waals surface area contributed by atoms with Crippen LogP contribution in [0.15, 0.2) is 18.3 Å².